The highest BCUT2D eigenvalue weighted by Gasteiger charge is 2.05. The monoisotopic (exact) mass is 169 g/mol. The van der Waals surface area contributed by atoms with Gasteiger partial charge in [-0.15, -0.1) is 0 Å². The van der Waals surface area contributed by atoms with Crippen molar-refractivity contribution < 1.29 is 4.79 Å². The Kier molecular flexibility index (Phi) is 12.6. The van der Waals surface area contributed by atoms with Crippen molar-refractivity contribution in [3.05, 3.63) is 31.9 Å². The number of carbonyl (C=O) groups is 1. The number of rotatable bonds is 0. The van der Waals surface area contributed by atoms with E-state index < -0.39 is 0 Å². The van der Waals surface area contributed by atoms with Crippen LogP contribution in [0.2, 0.25) is 0 Å². The summed E-state index contributed by atoms with van der Waals surface area (Å²) in [5, 5.41) is 2.68. The van der Waals surface area contributed by atoms with Crippen LogP contribution >= 0.6 is 0 Å². The second-order valence-electron chi connectivity index (χ2n) is 1.63. The van der Waals surface area contributed by atoms with Crippen molar-refractivity contribution in [2.24, 2.45) is 0 Å². The van der Waals surface area contributed by atoms with Gasteiger partial charge in [0.2, 0.25) is 5.91 Å². The molecule has 1 heterocycles. The van der Waals surface area contributed by atoms with Crippen molar-refractivity contribution in [3.8, 4) is 0 Å². The maximum absolute atomic E-state index is 10.1. The maximum atomic E-state index is 10.1. The first kappa shape index (κ1) is 12.7. The minimum absolute atomic E-state index is 0.204. The third-order valence-electron chi connectivity index (χ3n) is 0.903. The first-order chi connectivity index (χ1) is 5.72. The van der Waals surface area contributed by atoms with Crippen LogP contribution in [-0.4, -0.2) is 12.5 Å². The summed E-state index contributed by atoms with van der Waals surface area (Å²) in [7, 11) is 0. The zero-order chi connectivity index (χ0) is 9.82. The summed E-state index contributed by atoms with van der Waals surface area (Å²) in [6.07, 6.45) is 1.76. The van der Waals surface area contributed by atoms with Crippen LogP contribution in [0.5, 0.6) is 0 Å². The van der Waals surface area contributed by atoms with Crippen molar-refractivity contribution in [1.82, 2.24) is 5.32 Å². The van der Waals surface area contributed by atoms with Gasteiger partial charge in [-0.25, -0.2) is 0 Å². The van der Waals surface area contributed by atoms with E-state index in [2.05, 4.69) is 5.32 Å². The van der Waals surface area contributed by atoms with E-state index >= 15 is 0 Å². The third-order valence-corrected chi connectivity index (χ3v) is 0.903. The molecule has 12 heavy (non-hydrogen) atoms. The summed E-state index contributed by atoms with van der Waals surface area (Å²) >= 11 is 0. The minimum atomic E-state index is 0.204. The molecule has 0 atom stereocenters. The van der Waals surface area contributed by atoms with Crippen LogP contribution in [0.4, 0.5) is 0 Å². The van der Waals surface area contributed by atoms with Crippen molar-refractivity contribution in [2.75, 3.05) is 6.54 Å². The average Bonchev–Trinajstić information content (AvgIpc) is 2.43. The Morgan fingerprint density at radius 2 is 1.58 bits per heavy atom. The predicted molar refractivity (Wildman–Crippen MR) is 42.4 cm³/mol. The van der Waals surface area contributed by atoms with E-state index in [1.165, 1.54) is 9.82 Å². The molecule has 0 aromatic carbocycles. The lowest BCUT2D eigenvalue weighted by atomic mass is 10.4. The molecule has 1 aliphatic rings. The molecule has 0 saturated carbocycles. The molecule has 1 N–H and O–H groups in total. The zero-order valence-electron chi connectivity index (χ0n) is 6.21. The molecule has 0 spiro atoms. The minimum Gasteiger partial charge on any atom is -0.373 e. The van der Waals surface area contributed by atoms with E-state index in [0.717, 1.165) is 19.4 Å². The van der Waals surface area contributed by atoms with Crippen molar-refractivity contribution in [3.63, 3.8) is 0 Å². The lowest BCUT2D eigenvalue weighted by molar-refractivity contribution is -0.119. The SMILES string of the molecule is O=C1CCCN1.[N-]=[N+]=[N-].[N-]=[N+]=[N-]. The Morgan fingerprint density at radius 3 is 1.67 bits per heavy atom. The quantitative estimate of drug-likeness (QED) is 0.327. The predicted octanol–water partition coefficient (Wildman–Crippen LogP) is 1.63. The molecule has 0 aromatic heterocycles. The van der Waals surface area contributed by atoms with Gasteiger partial charge in [-0.05, 0) is 6.42 Å². The molecule has 0 unspecified atom stereocenters. The Morgan fingerprint density at radius 1 is 1.17 bits per heavy atom. The zero-order valence-corrected chi connectivity index (χ0v) is 6.21. The number of nitrogens with zero attached hydrogens (tertiary/aromatic N) is 6. The second-order valence-corrected chi connectivity index (χ2v) is 1.63. The van der Waals surface area contributed by atoms with E-state index in [1.807, 2.05) is 0 Å². The smallest absolute Gasteiger partial charge is 0.220 e. The van der Waals surface area contributed by atoms with Gasteiger partial charge in [0, 0.05) is 13.0 Å². The van der Waals surface area contributed by atoms with Crippen molar-refractivity contribution >= 4 is 5.91 Å². The molecule has 8 heteroatoms. The molecular formula is C4H7N7O-2. The van der Waals surface area contributed by atoms with Gasteiger partial charge in [-0.2, -0.15) is 0 Å². The largest absolute Gasteiger partial charge is 0.373 e. The maximum Gasteiger partial charge on any atom is 0.220 e. The highest BCUT2D eigenvalue weighted by atomic mass is 16.1. The molecule has 0 aliphatic carbocycles. The topological polar surface area (TPSA) is 146 Å². The number of hydrogen-bond acceptors (Lipinski definition) is 1. The lowest BCUT2D eigenvalue weighted by Crippen LogP contribution is -2.12. The fourth-order valence-electron chi connectivity index (χ4n) is 0.565. The Labute approximate surface area is 68.4 Å². The molecule has 0 bridgehead atoms. The van der Waals surface area contributed by atoms with E-state index in [9.17, 15) is 4.79 Å². The summed E-state index contributed by atoms with van der Waals surface area (Å²) in [5.74, 6) is 0.204. The number of hydrogen-bond donors (Lipinski definition) is 1. The van der Waals surface area contributed by atoms with Crippen LogP contribution in [0, 0.1) is 0 Å². The van der Waals surface area contributed by atoms with Gasteiger partial charge in [0.1, 0.15) is 0 Å². The highest BCUT2D eigenvalue weighted by Crippen LogP contribution is 1.93. The summed E-state index contributed by atoms with van der Waals surface area (Å²) in [6.45, 7) is 0.888. The summed E-state index contributed by atoms with van der Waals surface area (Å²) < 4.78 is 0. The summed E-state index contributed by atoms with van der Waals surface area (Å²) in [5.41, 5.74) is 27.0. The first-order valence-corrected chi connectivity index (χ1v) is 2.96. The Bertz CT molecular complexity index is 168. The molecule has 1 amide bonds. The molecule has 0 radical (unpaired) electrons. The fourth-order valence-corrected chi connectivity index (χ4v) is 0.565. The van der Waals surface area contributed by atoms with Gasteiger partial charge in [0.15, 0.2) is 0 Å². The van der Waals surface area contributed by atoms with Crippen LogP contribution in [0.15, 0.2) is 0 Å². The summed E-state index contributed by atoms with van der Waals surface area (Å²) in [4.78, 5) is 13.1. The van der Waals surface area contributed by atoms with E-state index in [-0.39, 0.29) is 5.91 Å². The van der Waals surface area contributed by atoms with E-state index in [4.69, 9.17) is 22.1 Å². The fraction of sp³-hybridized carbons (Fsp3) is 0.750. The van der Waals surface area contributed by atoms with E-state index in [1.54, 1.807) is 0 Å². The lowest BCUT2D eigenvalue weighted by Gasteiger charge is -1.80. The molecule has 8 nitrogen and oxygen atoms in total. The third kappa shape index (κ3) is 15.7. The van der Waals surface area contributed by atoms with Gasteiger partial charge < -0.3 is 27.4 Å². The molecule has 0 aromatic rings. The van der Waals surface area contributed by atoms with E-state index in [0.29, 0.717) is 0 Å². The van der Waals surface area contributed by atoms with Gasteiger partial charge >= 0.3 is 0 Å². The van der Waals surface area contributed by atoms with Gasteiger partial charge in [-0.1, -0.05) is 0 Å². The highest BCUT2D eigenvalue weighted by molar-refractivity contribution is 5.77. The number of nitrogens with one attached hydrogen (secondary N) is 1. The van der Waals surface area contributed by atoms with Gasteiger partial charge in [0.25, 0.3) is 0 Å². The molecule has 1 saturated heterocycles. The van der Waals surface area contributed by atoms with Crippen LogP contribution in [0.3, 0.4) is 0 Å². The molecular weight excluding hydrogens is 162 g/mol. The van der Waals surface area contributed by atoms with Crippen molar-refractivity contribution in [2.45, 2.75) is 12.8 Å². The number of amides is 1. The first-order valence-electron chi connectivity index (χ1n) is 2.96. The normalized spacial score (nSPS) is 11.8. The molecule has 1 fully saturated rings. The average molecular weight is 169 g/mol. The van der Waals surface area contributed by atoms with Crippen LogP contribution in [0.25, 0.3) is 31.9 Å². The Hall–Kier alpha value is -1.91. The Balaban J connectivity index is 0. The number of carbonyl (C=O) groups excluding carboxylic acids is 1. The van der Waals surface area contributed by atoms with Gasteiger partial charge in [-0.3, -0.25) is 14.6 Å². The van der Waals surface area contributed by atoms with Gasteiger partial charge in [0.05, 0.1) is 0 Å². The molecule has 1 aliphatic heterocycles. The van der Waals surface area contributed by atoms with Crippen LogP contribution in [0.1, 0.15) is 12.8 Å². The van der Waals surface area contributed by atoms with Crippen LogP contribution in [-0.2, 0) is 4.79 Å². The second kappa shape index (κ2) is 11.8. The van der Waals surface area contributed by atoms with Crippen molar-refractivity contribution in [1.29, 1.82) is 0 Å². The molecule has 66 valence electrons. The standard InChI is InChI=1S/C4H7NO.2N3/c6-4-2-1-3-5-4;2*1-3-2/h1-3H2,(H,5,6);;/q;2*-1. The van der Waals surface area contributed by atoms with Crippen LogP contribution < -0.4 is 5.32 Å². The molecule has 1 rings (SSSR count). The summed E-state index contributed by atoms with van der Waals surface area (Å²) in [6, 6.07) is 0.